The maximum atomic E-state index is 4.36. The van der Waals surface area contributed by atoms with Gasteiger partial charge < -0.3 is 0 Å². The van der Waals surface area contributed by atoms with Crippen LogP contribution in [0.3, 0.4) is 0 Å². The summed E-state index contributed by atoms with van der Waals surface area (Å²) in [7, 11) is 0. The molecule has 0 unspecified atom stereocenters. The molecule has 0 saturated carbocycles. The molecular formula is C11H16N2S. The van der Waals surface area contributed by atoms with Gasteiger partial charge in [-0.25, -0.2) is 0 Å². The maximum absolute atomic E-state index is 4.36. The number of nitrogens with zero attached hydrogens (tertiary/aromatic N) is 2. The van der Waals surface area contributed by atoms with Gasteiger partial charge in [-0.05, 0) is 37.3 Å². The van der Waals surface area contributed by atoms with Gasteiger partial charge in [0.15, 0.2) is 0 Å². The molecule has 1 aliphatic heterocycles. The quantitative estimate of drug-likeness (QED) is 0.750. The van der Waals surface area contributed by atoms with Gasteiger partial charge in [0.25, 0.3) is 0 Å². The Morgan fingerprint density at radius 1 is 1.36 bits per heavy atom. The normalized spacial score (nSPS) is 19.8. The SMILES string of the molecule is SN1CCC(Cc2ccccn2)CC1. The van der Waals surface area contributed by atoms with Crippen molar-refractivity contribution in [2.75, 3.05) is 13.1 Å². The summed E-state index contributed by atoms with van der Waals surface area (Å²) < 4.78 is 2.11. The molecule has 0 atom stereocenters. The second-order valence-corrected chi connectivity index (χ2v) is 4.49. The zero-order chi connectivity index (χ0) is 9.80. The average molecular weight is 208 g/mol. The average Bonchev–Trinajstić information content (AvgIpc) is 2.23. The molecule has 2 rings (SSSR count). The van der Waals surface area contributed by atoms with Crippen molar-refractivity contribution in [3.8, 4) is 0 Å². The van der Waals surface area contributed by atoms with E-state index in [9.17, 15) is 0 Å². The van der Waals surface area contributed by atoms with Gasteiger partial charge in [0.2, 0.25) is 0 Å². The Morgan fingerprint density at radius 3 is 2.79 bits per heavy atom. The van der Waals surface area contributed by atoms with Gasteiger partial charge >= 0.3 is 0 Å². The number of aromatic nitrogens is 1. The standard InChI is InChI=1S/C11H16N2S/c14-13-7-4-10(5-8-13)9-11-3-1-2-6-12-11/h1-3,6,10,14H,4-5,7-9H2. The summed E-state index contributed by atoms with van der Waals surface area (Å²) in [6.45, 7) is 2.22. The second kappa shape index (κ2) is 4.80. The van der Waals surface area contributed by atoms with Gasteiger partial charge in [-0.1, -0.05) is 18.9 Å². The molecule has 3 heteroatoms. The van der Waals surface area contributed by atoms with E-state index in [-0.39, 0.29) is 0 Å². The van der Waals surface area contributed by atoms with Crippen LogP contribution in [0.15, 0.2) is 24.4 Å². The van der Waals surface area contributed by atoms with Crippen LogP contribution in [0.1, 0.15) is 18.5 Å². The Balaban J connectivity index is 1.87. The minimum absolute atomic E-state index is 0.799. The Bertz CT molecular complexity index is 268. The molecule has 0 radical (unpaired) electrons. The van der Waals surface area contributed by atoms with Crippen molar-refractivity contribution in [2.24, 2.45) is 5.92 Å². The van der Waals surface area contributed by atoms with Crippen LogP contribution in [0.25, 0.3) is 0 Å². The summed E-state index contributed by atoms with van der Waals surface area (Å²) in [5, 5.41) is 0. The summed E-state index contributed by atoms with van der Waals surface area (Å²) in [4.78, 5) is 4.36. The van der Waals surface area contributed by atoms with Gasteiger partial charge in [-0.3, -0.25) is 9.29 Å². The first kappa shape index (κ1) is 9.99. The number of hydrogen-bond donors (Lipinski definition) is 1. The van der Waals surface area contributed by atoms with E-state index in [2.05, 4.69) is 34.2 Å². The molecule has 0 amide bonds. The van der Waals surface area contributed by atoms with Crippen molar-refractivity contribution in [3.63, 3.8) is 0 Å². The van der Waals surface area contributed by atoms with Crippen LogP contribution in [-0.4, -0.2) is 22.4 Å². The van der Waals surface area contributed by atoms with Crippen LogP contribution in [0.4, 0.5) is 0 Å². The van der Waals surface area contributed by atoms with Crippen molar-refractivity contribution < 1.29 is 0 Å². The van der Waals surface area contributed by atoms with E-state index < -0.39 is 0 Å². The number of pyridine rings is 1. The van der Waals surface area contributed by atoms with Crippen molar-refractivity contribution in [2.45, 2.75) is 19.3 Å². The first-order valence-corrected chi connectivity index (χ1v) is 5.58. The summed E-state index contributed by atoms with van der Waals surface area (Å²) >= 11 is 4.35. The predicted octanol–water partition coefficient (Wildman–Crippen LogP) is 2.18. The highest BCUT2D eigenvalue weighted by atomic mass is 32.1. The molecule has 1 fully saturated rings. The zero-order valence-electron chi connectivity index (χ0n) is 8.26. The summed E-state index contributed by atoms with van der Waals surface area (Å²) in [5.74, 6) is 0.799. The van der Waals surface area contributed by atoms with Crippen LogP contribution in [0.2, 0.25) is 0 Å². The largest absolute Gasteiger partial charge is 0.261 e. The molecule has 0 aromatic carbocycles. The number of thiol groups is 1. The van der Waals surface area contributed by atoms with Crippen molar-refractivity contribution >= 4 is 12.8 Å². The molecule has 76 valence electrons. The van der Waals surface area contributed by atoms with Crippen molar-refractivity contribution in [3.05, 3.63) is 30.1 Å². The van der Waals surface area contributed by atoms with E-state index in [1.807, 2.05) is 12.3 Å². The predicted molar refractivity (Wildman–Crippen MR) is 61.2 cm³/mol. The summed E-state index contributed by atoms with van der Waals surface area (Å²) in [5.41, 5.74) is 1.23. The molecule has 14 heavy (non-hydrogen) atoms. The van der Waals surface area contributed by atoms with Crippen LogP contribution in [0.5, 0.6) is 0 Å². The van der Waals surface area contributed by atoms with E-state index in [0.717, 1.165) is 25.4 Å². The highest BCUT2D eigenvalue weighted by Crippen LogP contribution is 2.21. The molecule has 0 aliphatic carbocycles. The lowest BCUT2D eigenvalue weighted by Crippen LogP contribution is -2.27. The van der Waals surface area contributed by atoms with E-state index >= 15 is 0 Å². The molecule has 1 aromatic rings. The molecule has 1 aliphatic rings. The zero-order valence-corrected chi connectivity index (χ0v) is 9.16. The third-order valence-electron chi connectivity index (χ3n) is 2.81. The van der Waals surface area contributed by atoms with E-state index in [0.29, 0.717) is 0 Å². The van der Waals surface area contributed by atoms with Gasteiger partial charge in [0.05, 0.1) is 0 Å². The van der Waals surface area contributed by atoms with E-state index in [1.54, 1.807) is 0 Å². The molecule has 1 aromatic heterocycles. The lowest BCUT2D eigenvalue weighted by atomic mass is 9.93. The molecule has 2 nitrogen and oxygen atoms in total. The molecular weight excluding hydrogens is 192 g/mol. The third kappa shape index (κ3) is 2.72. The molecule has 1 saturated heterocycles. The molecule has 0 spiro atoms. The van der Waals surface area contributed by atoms with Crippen LogP contribution < -0.4 is 0 Å². The third-order valence-corrected chi connectivity index (χ3v) is 3.21. The Labute approximate surface area is 90.9 Å². The van der Waals surface area contributed by atoms with Crippen molar-refractivity contribution in [1.82, 2.24) is 9.29 Å². The smallest absolute Gasteiger partial charge is 0.0406 e. The lowest BCUT2D eigenvalue weighted by molar-refractivity contribution is 0.291. The fraction of sp³-hybridized carbons (Fsp3) is 0.545. The first-order chi connectivity index (χ1) is 6.84. The topological polar surface area (TPSA) is 16.1 Å². The fourth-order valence-corrected chi connectivity index (χ4v) is 2.17. The Kier molecular flexibility index (Phi) is 3.43. The summed E-state index contributed by atoms with van der Waals surface area (Å²) in [6.07, 6.45) is 5.51. The monoisotopic (exact) mass is 208 g/mol. The number of rotatable bonds is 2. The van der Waals surface area contributed by atoms with E-state index in [4.69, 9.17) is 0 Å². The highest BCUT2D eigenvalue weighted by molar-refractivity contribution is 7.77. The summed E-state index contributed by atoms with van der Waals surface area (Å²) in [6, 6.07) is 6.16. The van der Waals surface area contributed by atoms with Crippen LogP contribution in [-0.2, 0) is 6.42 Å². The highest BCUT2D eigenvalue weighted by Gasteiger charge is 2.17. The minimum atomic E-state index is 0.799. The Hall–Kier alpha value is -0.540. The first-order valence-electron chi connectivity index (χ1n) is 5.18. The fourth-order valence-electron chi connectivity index (χ4n) is 1.94. The minimum Gasteiger partial charge on any atom is -0.261 e. The Morgan fingerprint density at radius 2 is 2.14 bits per heavy atom. The lowest BCUT2D eigenvalue weighted by Gasteiger charge is -2.27. The van der Waals surface area contributed by atoms with Gasteiger partial charge in [0.1, 0.15) is 0 Å². The van der Waals surface area contributed by atoms with E-state index in [1.165, 1.54) is 18.5 Å². The molecule has 2 heterocycles. The van der Waals surface area contributed by atoms with Crippen LogP contribution >= 0.6 is 12.8 Å². The number of piperidine rings is 1. The van der Waals surface area contributed by atoms with Crippen molar-refractivity contribution in [1.29, 1.82) is 0 Å². The molecule has 0 bridgehead atoms. The number of hydrogen-bond acceptors (Lipinski definition) is 3. The van der Waals surface area contributed by atoms with Gasteiger partial charge in [-0.15, -0.1) is 0 Å². The second-order valence-electron chi connectivity index (χ2n) is 3.92. The van der Waals surface area contributed by atoms with Crippen LogP contribution in [0, 0.1) is 5.92 Å². The van der Waals surface area contributed by atoms with Gasteiger partial charge in [-0.2, -0.15) is 0 Å². The van der Waals surface area contributed by atoms with Gasteiger partial charge in [0, 0.05) is 25.0 Å². The maximum Gasteiger partial charge on any atom is 0.0406 e. The molecule has 0 N–H and O–H groups in total.